The van der Waals surface area contributed by atoms with Gasteiger partial charge in [-0.1, -0.05) is 18.2 Å². The predicted octanol–water partition coefficient (Wildman–Crippen LogP) is 3.03. The highest BCUT2D eigenvalue weighted by Crippen LogP contribution is 2.16. The van der Waals surface area contributed by atoms with Crippen molar-refractivity contribution in [1.82, 2.24) is 30.0 Å². The Balaban J connectivity index is 0.00000261. The van der Waals surface area contributed by atoms with Crippen molar-refractivity contribution in [2.75, 3.05) is 13.6 Å². The second-order valence-electron chi connectivity index (χ2n) is 6.17. The summed E-state index contributed by atoms with van der Waals surface area (Å²) in [7, 11) is 4.11. The zero-order chi connectivity index (χ0) is 18.4. The molecule has 0 amide bonds. The molecule has 0 aliphatic carbocycles. The molecule has 0 aliphatic heterocycles. The third-order valence-corrected chi connectivity index (χ3v) is 4.17. The molecule has 0 saturated heterocycles. The lowest BCUT2D eigenvalue weighted by molar-refractivity contribution is 0.462. The summed E-state index contributed by atoms with van der Waals surface area (Å²) in [6.07, 6.45) is 3.57. The summed E-state index contributed by atoms with van der Waals surface area (Å²) in [5.74, 6) is 1.65. The number of hydrogen-bond acceptors (Lipinski definition) is 3. The van der Waals surface area contributed by atoms with Crippen molar-refractivity contribution in [1.29, 1.82) is 0 Å². The van der Waals surface area contributed by atoms with Crippen LogP contribution in [0.3, 0.4) is 0 Å². The summed E-state index contributed by atoms with van der Waals surface area (Å²) < 4.78 is 2.13. The van der Waals surface area contributed by atoms with Crippen molar-refractivity contribution in [3.05, 3.63) is 60.2 Å². The van der Waals surface area contributed by atoms with Gasteiger partial charge in [0.05, 0.1) is 13.1 Å². The Labute approximate surface area is 176 Å². The van der Waals surface area contributed by atoms with E-state index in [1.54, 1.807) is 0 Å². The van der Waals surface area contributed by atoms with Gasteiger partial charge in [-0.15, -0.1) is 24.0 Å². The Kier molecular flexibility index (Phi) is 7.83. The first-order chi connectivity index (χ1) is 12.7. The maximum Gasteiger partial charge on any atom is 0.194 e. The highest BCUT2D eigenvalue weighted by atomic mass is 127. The summed E-state index contributed by atoms with van der Waals surface area (Å²) in [5, 5.41) is 10.2. The molecule has 2 heterocycles. The van der Waals surface area contributed by atoms with Crippen molar-refractivity contribution in [2.45, 2.75) is 20.0 Å². The van der Waals surface area contributed by atoms with Gasteiger partial charge in [-0.05, 0) is 30.7 Å². The van der Waals surface area contributed by atoms with Gasteiger partial charge in [-0.3, -0.25) is 5.10 Å². The largest absolute Gasteiger partial charge is 0.357 e. The second-order valence-corrected chi connectivity index (χ2v) is 6.17. The van der Waals surface area contributed by atoms with Crippen molar-refractivity contribution in [2.24, 2.45) is 12.0 Å². The lowest BCUT2D eigenvalue weighted by atomic mass is 10.1. The van der Waals surface area contributed by atoms with Crippen LogP contribution in [0.15, 0.2) is 53.9 Å². The minimum Gasteiger partial charge on any atom is -0.357 e. The Morgan fingerprint density at radius 3 is 2.81 bits per heavy atom. The van der Waals surface area contributed by atoms with E-state index >= 15 is 0 Å². The van der Waals surface area contributed by atoms with E-state index in [1.165, 1.54) is 12.0 Å². The third kappa shape index (κ3) is 5.56. The molecule has 0 spiro atoms. The van der Waals surface area contributed by atoms with Crippen LogP contribution < -0.4 is 5.32 Å². The van der Waals surface area contributed by atoms with Crippen LogP contribution in [0, 0.1) is 0 Å². The van der Waals surface area contributed by atoms with Crippen LogP contribution in [0.5, 0.6) is 0 Å². The number of aromatic amines is 1. The van der Waals surface area contributed by atoms with Crippen molar-refractivity contribution in [3.63, 3.8) is 0 Å². The SMILES string of the molecule is CCNC(=NCc1cccc(-c2ncn[nH]2)c1)N(C)Cc1cccn1C.I. The smallest absolute Gasteiger partial charge is 0.194 e. The quantitative estimate of drug-likeness (QED) is 0.324. The van der Waals surface area contributed by atoms with Crippen LogP contribution in [0.4, 0.5) is 0 Å². The molecule has 0 aliphatic rings. The van der Waals surface area contributed by atoms with Crippen LogP contribution in [-0.2, 0) is 20.1 Å². The molecule has 3 rings (SSSR count). The number of aryl methyl sites for hydroxylation is 1. The number of hydrogen-bond donors (Lipinski definition) is 2. The summed E-state index contributed by atoms with van der Waals surface area (Å²) in [5.41, 5.74) is 3.38. The molecule has 0 unspecified atom stereocenters. The molecular formula is C19H26IN7. The monoisotopic (exact) mass is 479 g/mol. The maximum absolute atomic E-state index is 4.79. The molecule has 1 aromatic carbocycles. The Hall–Kier alpha value is -2.36. The average Bonchev–Trinajstić information content (AvgIpc) is 3.31. The van der Waals surface area contributed by atoms with E-state index in [0.717, 1.165) is 36.0 Å². The van der Waals surface area contributed by atoms with Gasteiger partial charge in [-0.2, -0.15) is 5.10 Å². The van der Waals surface area contributed by atoms with E-state index < -0.39 is 0 Å². The van der Waals surface area contributed by atoms with Gasteiger partial charge in [-0.25, -0.2) is 9.98 Å². The van der Waals surface area contributed by atoms with Crippen LogP contribution >= 0.6 is 24.0 Å². The molecule has 0 atom stereocenters. The molecular weight excluding hydrogens is 453 g/mol. The molecule has 8 heteroatoms. The first kappa shape index (κ1) is 20.9. The maximum atomic E-state index is 4.79. The molecule has 144 valence electrons. The minimum absolute atomic E-state index is 0. The highest BCUT2D eigenvalue weighted by Gasteiger charge is 2.08. The average molecular weight is 479 g/mol. The topological polar surface area (TPSA) is 74.1 Å². The fourth-order valence-electron chi connectivity index (χ4n) is 2.78. The van der Waals surface area contributed by atoms with Crippen molar-refractivity contribution in [3.8, 4) is 11.4 Å². The molecule has 2 N–H and O–H groups in total. The number of benzene rings is 1. The fraction of sp³-hybridized carbons (Fsp3) is 0.316. The van der Waals surface area contributed by atoms with Gasteiger partial charge in [0.1, 0.15) is 6.33 Å². The number of nitrogens with one attached hydrogen (secondary N) is 2. The van der Waals surface area contributed by atoms with E-state index in [9.17, 15) is 0 Å². The van der Waals surface area contributed by atoms with E-state index in [0.29, 0.717) is 6.54 Å². The zero-order valence-corrected chi connectivity index (χ0v) is 18.2. The van der Waals surface area contributed by atoms with Crippen LogP contribution in [0.1, 0.15) is 18.2 Å². The lowest BCUT2D eigenvalue weighted by Gasteiger charge is -2.22. The van der Waals surface area contributed by atoms with Gasteiger partial charge in [0.2, 0.25) is 0 Å². The summed E-state index contributed by atoms with van der Waals surface area (Å²) in [4.78, 5) is 11.1. The predicted molar refractivity (Wildman–Crippen MR) is 119 cm³/mol. The third-order valence-electron chi connectivity index (χ3n) is 4.17. The molecule has 0 radical (unpaired) electrons. The molecule has 3 aromatic rings. The van der Waals surface area contributed by atoms with Crippen LogP contribution in [0.2, 0.25) is 0 Å². The normalized spacial score (nSPS) is 11.1. The van der Waals surface area contributed by atoms with E-state index in [-0.39, 0.29) is 24.0 Å². The molecule has 0 fully saturated rings. The number of halogens is 1. The summed E-state index contributed by atoms with van der Waals surface area (Å²) >= 11 is 0. The van der Waals surface area contributed by atoms with Crippen LogP contribution in [0.25, 0.3) is 11.4 Å². The molecule has 7 nitrogen and oxygen atoms in total. The van der Waals surface area contributed by atoms with Gasteiger partial charge in [0.25, 0.3) is 0 Å². The number of aromatic nitrogens is 4. The molecule has 0 saturated carbocycles. The van der Waals surface area contributed by atoms with Gasteiger partial charge >= 0.3 is 0 Å². The van der Waals surface area contributed by atoms with Gasteiger partial charge in [0, 0.05) is 38.1 Å². The Bertz CT molecular complexity index is 855. The number of guanidine groups is 1. The molecule has 2 aromatic heterocycles. The summed E-state index contributed by atoms with van der Waals surface area (Å²) in [6.45, 7) is 4.31. The first-order valence-corrected chi connectivity index (χ1v) is 8.71. The van der Waals surface area contributed by atoms with Gasteiger partial charge < -0.3 is 14.8 Å². The Morgan fingerprint density at radius 1 is 1.30 bits per heavy atom. The van der Waals surface area contributed by atoms with Crippen molar-refractivity contribution >= 4 is 29.9 Å². The van der Waals surface area contributed by atoms with Crippen LogP contribution in [-0.4, -0.2) is 44.2 Å². The van der Waals surface area contributed by atoms with E-state index in [2.05, 4.69) is 81.4 Å². The summed E-state index contributed by atoms with van der Waals surface area (Å²) in [6, 6.07) is 12.4. The Morgan fingerprint density at radius 2 is 2.15 bits per heavy atom. The number of rotatable bonds is 6. The second kappa shape index (κ2) is 10.1. The zero-order valence-electron chi connectivity index (χ0n) is 15.9. The lowest BCUT2D eigenvalue weighted by Crippen LogP contribution is -2.38. The number of H-pyrrole nitrogens is 1. The van der Waals surface area contributed by atoms with E-state index in [4.69, 9.17) is 4.99 Å². The number of nitrogens with zero attached hydrogens (tertiary/aromatic N) is 5. The minimum atomic E-state index is 0. The van der Waals surface area contributed by atoms with E-state index in [1.807, 2.05) is 12.1 Å². The van der Waals surface area contributed by atoms with Gasteiger partial charge in [0.15, 0.2) is 11.8 Å². The first-order valence-electron chi connectivity index (χ1n) is 8.71. The number of aliphatic imine (C=N–C) groups is 1. The fourth-order valence-corrected chi connectivity index (χ4v) is 2.78. The molecule has 0 bridgehead atoms. The molecule has 27 heavy (non-hydrogen) atoms. The highest BCUT2D eigenvalue weighted by molar-refractivity contribution is 14.0. The van der Waals surface area contributed by atoms with Crippen molar-refractivity contribution < 1.29 is 0 Å². The standard InChI is InChI=1S/C19H25N7.HI/c1-4-20-19(26(3)13-17-9-6-10-25(17)2)21-12-15-7-5-8-16(11-15)18-22-14-23-24-18;/h5-11,14H,4,12-13H2,1-3H3,(H,20,21)(H,22,23,24);1H.